The first-order valence-corrected chi connectivity index (χ1v) is 7.70. The second kappa shape index (κ2) is 8.65. The smallest absolute Gasteiger partial charge is 0.124 e. The van der Waals surface area contributed by atoms with E-state index in [1.54, 1.807) is 7.11 Å². The van der Waals surface area contributed by atoms with Crippen molar-refractivity contribution in [3.63, 3.8) is 0 Å². The Labute approximate surface area is 127 Å². The fraction of sp³-hybridized carbons (Fsp3) is 0.444. The molecule has 0 aliphatic carbocycles. The predicted molar refractivity (Wildman–Crippen MR) is 87.9 cm³/mol. The summed E-state index contributed by atoms with van der Waals surface area (Å²) in [7, 11) is 1.69. The molecule has 3 heteroatoms. The maximum Gasteiger partial charge on any atom is 0.124 e. The van der Waals surface area contributed by atoms with Gasteiger partial charge in [-0.05, 0) is 29.8 Å². The van der Waals surface area contributed by atoms with Crippen LogP contribution in [-0.4, -0.2) is 26.9 Å². The van der Waals surface area contributed by atoms with E-state index in [-0.39, 0.29) is 0 Å². The van der Waals surface area contributed by atoms with E-state index in [0.29, 0.717) is 13.2 Å². The molecule has 0 unspecified atom stereocenters. The van der Waals surface area contributed by atoms with Crippen LogP contribution in [0.15, 0.2) is 36.4 Å². The quantitative estimate of drug-likeness (QED) is 0.712. The fourth-order valence-electron chi connectivity index (χ4n) is 2.38. The van der Waals surface area contributed by atoms with Gasteiger partial charge in [0.1, 0.15) is 12.4 Å². The van der Waals surface area contributed by atoms with Gasteiger partial charge in [-0.1, -0.05) is 43.7 Å². The van der Waals surface area contributed by atoms with Gasteiger partial charge in [-0.25, -0.2) is 0 Å². The molecule has 0 bridgehead atoms. The molecule has 1 N–H and O–H groups in total. The van der Waals surface area contributed by atoms with Crippen LogP contribution in [-0.2, 0) is 11.3 Å². The van der Waals surface area contributed by atoms with Crippen LogP contribution >= 0.6 is 0 Å². The summed E-state index contributed by atoms with van der Waals surface area (Å²) in [4.78, 5) is 0. The summed E-state index contributed by atoms with van der Waals surface area (Å²) in [6, 6.07) is 12.6. The van der Waals surface area contributed by atoms with Crippen molar-refractivity contribution in [1.82, 2.24) is 5.32 Å². The third-order valence-corrected chi connectivity index (χ3v) is 3.55. The Morgan fingerprint density at radius 2 is 1.90 bits per heavy atom. The average molecular weight is 287 g/mol. The van der Waals surface area contributed by atoms with Crippen LogP contribution < -0.4 is 10.1 Å². The zero-order chi connectivity index (χ0) is 14.9. The lowest BCUT2D eigenvalue weighted by Gasteiger charge is -2.15. The van der Waals surface area contributed by atoms with E-state index in [0.717, 1.165) is 18.8 Å². The van der Waals surface area contributed by atoms with Gasteiger partial charge in [0, 0.05) is 19.2 Å². The Morgan fingerprint density at radius 1 is 1.05 bits per heavy atom. The summed E-state index contributed by atoms with van der Waals surface area (Å²) in [5.74, 6) is 0.953. The molecule has 114 valence electrons. The molecular formula is C18H25NO2. The molecule has 3 nitrogen and oxygen atoms in total. The summed E-state index contributed by atoms with van der Waals surface area (Å²) < 4.78 is 10.9. The fourth-order valence-corrected chi connectivity index (χ4v) is 2.38. The Balaban J connectivity index is 2.19. The molecule has 2 aromatic carbocycles. The molecular weight excluding hydrogens is 262 g/mol. The lowest BCUT2D eigenvalue weighted by Crippen LogP contribution is -2.16. The summed E-state index contributed by atoms with van der Waals surface area (Å²) in [6.45, 7) is 5.27. The molecule has 0 amide bonds. The van der Waals surface area contributed by atoms with Crippen LogP contribution in [0.2, 0.25) is 0 Å². The van der Waals surface area contributed by atoms with Gasteiger partial charge in [0.25, 0.3) is 0 Å². The minimum atomic E-state index is 0.580. The normalized spacial score (nSPS) is 11.0. The summed E-state index contributed by atoms with van der Waals surface area (Å²) in [5.41, 5.74) is 1.24. The highest BCUT2D eigenvalue weighted by Crippen LogP contribution is 2.28. The number of fused-ring (bicyclic) bond motifs is 1. The first-order valence-electron chi connectivity index (χ1n) is 7.70. The molecule has 0 heterocycles. The molecule has 0 spiro atoms. The van der Waals surface area contributed by atoms with Gasteiger partial charge in [-0.3, -0.25) is 0 Å². The molecule has 0 aliphatic rings. The van der Waals surface area contributed by atoms with E-state index in [4.69, 9.17) is 9.47 Å². The maximum absolute atomic E-state index is 5.88. The lowest BCUT2D eigenvalue weighted by atomic mass is 10.0. The van der Waals surface area contributed by atoms with Crippen LogP contribution in [0.4, 0.5) is 0 Å². The summed E-state index contributed by atoms with van der Waals surface area (Å²) in [5, 5.41) is 6.03. The molecule has 2 aromatic rings. The number of benzene rings is 2. The Bertz CT molecular complexity index is 554. The maximum atomic E-state index is 5.88. The highest BCUT2D eigenvalue weighted by molar-refractivity contribution is 5.87. The van der Waals surface area contributed by atoms with Gasteiger partial charge in [-0.2, -0.15) is 0 Å². The van der Waals surface area contributed by atoms with E-state index in [2.05, 4.69) is 48.6 Å². The predicted octanol–water partition coefficient (Wildman–Crippen LogP) is 3.75. The third-order valence-electron chi connectivity index (χ3n) is 3.55. The molecule has 0 atom stereocenters. The molecule has 0 radical (unpaired) electrons. The van der Waals surface area contributed by atoms with E-state index in [1.165, 1.54) is 29.2 Å². The highest BCUT2D eigenvalue weighted by atomic mass is 16.5. The van der Waals surface area contributed by atoms with Gasteiger partial charge >= 0.3 is 0 Å². The zero-order valence-electron chi connectivity index (χ0n) is 13.0. The Hall–Kier alpha value is -1.58. The van der Waals surface area contributed by atoms with Crippen molar-refractivity contribution in [3.05, 3.63) is 42.0 Å². The number of hydrogen-bond acceptors (Lipinski definition) is 3. The average Bonchev–Trinajstić information content (AvgIpc) is 2.53. The van der Waals surface area contributed by atoms with Crippen molar-refractivity contribution < 1.29 is 9.47 Å². The van der Waals surface area contributed by atoms with E-state index in [1.807, 2.05) is 0 Å². The Morgan fingerprint density at radius 3 is 2.71 bits per heavy atom. The topological polar surface area (TPSA) is 30.5 Å². The Kier molecular flexibility index (Phi) is 6.51. The van der Waals surface area contributed by atoms with E-state index < -0.39 is 0 Å². The van der Waals surface area contributed by atoms with Crippen LogP contribution in [0.1, 0.15) is 25.3 Å². The molecule has 21 heavy (non-hydrogen) atoms. The van der Waals surface area contributed by atoms with Crippen LogP contribution in [0.5, 0.6) is 5.75 Å². The van der Waals surface area contributed by atoms with E-state index >= 15 is 0 Å². The number of methoxy groups -OCH3 is 1. The lowest BCUT2D eigenvalue weighted by molar-refractivity contribution is 0.146. The largest absolute Gasteiger partial charge is 0.491 e. The SMILES string of the molecule is CCCCNCc1c(OCCOC)ccc2ccccc12. The minimum absolute atomic E-state index is 0.580. The number of nitrogens with one attached hydrogen (secondary N) is 1. The van der Waals surface area contributed by atoms with Crippen LogP contribution in [0.3, 0.4) is 0 Å². The van der Waals surface area contributed by atoms with Gasteiger partial charge in [0.15, 0.2) is 0 Å². The first-order chi connectivity index (χ1) is 10.4. The van der Waals surface area contributed by atoms with Crippen molar-refractivity contribution in [2.24, 2.45) is 0 Å². The summed E-state index contributed by atoms with van der Waals surface area (Å²) >= 11 is 0. The number of unbranched alkanes of at least 4 members (excludes halogenated alkanes) is 1. The van der Waals surface area contributed by atoms with Gasteiger partial charge in [0.05, 0.1) is 6.61 Å². The van der Waals surface area contributed by atoms with Crippen molar-refractivity contribution in [1.29, 1.82) is 0 Å². The molecule has 0 saturated heterocycles. The molecule has 0 aliphatic heterocycles. The zero-order valence-corrected chi connectivity index (χ0v) is 13.0. The van der Waals surface area contributed by atoms with Crippen LogP contribution in [0.25, 0.3) is 10.8 Å². The van der Waals surface area contributed by atoms with Gasteiger partial charge < -0.3 is 14.8 Å². The van der Waals surface area contributed by atoms with Crippen molar-refractivity contribution >= 4 is 10.8 Å². The molecule has 0 saturated carbocycles. The monoisotopic (exact) mass is 287 g/mol. The minimum Gasteiger partial charge on any atom is -0.491 e. The highest BCUT2D eigenvalue weighted by Gasteiger charge is 2.08. The number of ether oxygens (including phenoxy) is 2. The van der Waals surface area contributed by atoms with Crippen molar-refractivity contribution in [3.8, 4) is 5.75 Å². The number of rotatable bonds is 9. The van der Waals surface area contributed by atoms with Crippen LogP contribution in [0, 0.1) is 0 Å². The molecule has 2 rings (SSSR count). The second-order valence-electron chi connectivity index (χ2n) is 5.13. The standard InChI is InChI=1S/C18H25NO2/c1-3-4-11-19-14-17-16-8-6-5-7-15(16)9-10-18(17)21-13-12-20-2/h5-10,19H,3-4,11-14H2,1-2H3. The number of hydrogen-bond donors (Lipinski definition) is 1. The summed E-state index contributed by atoms with van der Waals surface area (Å²) in [6.07, 6.45) is 2.41. The van der Waals surface area contributed by atoms with Crippen molar-refractivity contribution in [2.75, 3.05) is 26.9 Å². The first kappa shape index (κ1) is 15.8. The van der Waals surface area contributed by atoms with Gasteiger partial charge in [-0.15, -0.1) is 0 Å². The van der Waals surface area contributed by atoms with Gasteiger partial charge in [0.2, 0.25) is 0 Å². The van der Waals surface area contributed by atoms with Crippen molar-refractivity contribution in [2.45, 2.75) is 26.3 Å². The molecule has 0 aromatic heterocycles. The molecule has 0 fully saturated rings. The van der Waals surface area contributed by atoms with E-state index in [9.17, 15) is 0 Å². The third kappa shape index (κ3) is 4.45. The second-order valence-corrected chi connectivity index (χ2v) is 5.13.